The summed E-state index contributed by atoms with van der Waals surface area (Å²) in [6.45, 7) is 6.05. The summed E-state index contributed by atoms with van der Waals surface area (Å²) in [6.07, 6.45) is -2.44. The molecule has 1 N–H and O–H groups in total. The zero-order valence-corrected chi connectivity index (χ0v) is 21.2. The van der Waals surface area contributed by atoms with Crippen LogP contribution >= 0.6 is 22.6 Å². The lowest BCUT2D eigenvalue weighted by atomic mass is 9.82. The minimum atomic E-state index is -4.53. The zero-order valence-electron chi connectivity index (χ0n) is 19.0. The number of carboxylic acids is 1. The number of benzene rings is 2. The Balaban J connectivity index is 2.04. The van der Waals surface area contributed by atoms with Crippen molar-refractivity contribution in [2.45, 2.75) is 70.8 Å². The Labute approximate surface area is 206 Å². The molecule has 2 aromatic carbocycles. The molecule has 1 atom stereocenters. The third-order valence-electron chi connectivity index (χ3n) is 5.87. The van der Waals surface area contributed by atoms with Gasteiger partial charge >= 0.3 is 12.1 Å². The van der Waals surface area contributed by atoms with Crippen LogP contribution < -0.4 is 4.74 Å². The summed E-state index contributed by atoms with van der Waals surface area (Å²) in [6, 6.07) is 9.65. The summed E-state index contributed by atoms with van der Waals surface area (Å²) < 4.78 is 49.2. The highest BCUT2D eigenvalue weighted by atomic mass is 127. The number of carbonyl (C=O) groups is 1. The van der Waals surface area contributed by atoms with Crippen molar-refractivity contribution in [3.63, 3.8) is 0 Å². The largest absolute Gasteiger partial charge is 0.489 e. The molecule has 2 aromatic rings. The second-order valence-electron chi connectivity index (χ2n) is 9.49. The number of halogens is 4. The van der Waals surface area contributed by atoms with Gasteiger partial charge in [-0.05, 0) is 82.8 Å². The van der Waals surface area contributed by atoms with Crippen LogP contribution in [0.4, 0.5) is 13.2 Å². The topological polar surface area (TPSA) is 49.8 Å². The minimum Gasteiger partial charge on any atom is -0.489 e. The highest BCUT2D eigenvalue weighted by Crippen LogP contribution is 2.41. The predicted octanol–water partition coefficient (Wildman–Crippen LogP) is 6.63. The van der Waals surface area contributed by atoms with Gasteiger partial charge in [0.05, 0.1) is 5.56 Å². The Morgan fingerprint density at radius 2 is 1.88 bits per heavy atom. The third kappa shape index (κ3) is 6.62. The molecule has 0 bridgehead atoms. The molecule has 1 fully saturated rings. The second kappa shape index (κ2) is 10.2. The number of ether oxygens (including phenoxy) is 1. The lowest BCUT2D eigenvalue weighted by Crippen LogP contribution is -2.44. The van der Waals surface area contributed by atoms with Crippen molar-refractivity contribution in [3.8, 4) is 5.75 Å². The van der Waals surface area contributed by atoms with E-state index >= 15 is 0 Å². The summed E-state index contributed by atoms with van der Waals surface area (Å²) in [7, 11) is 0. The van der Waals surface area contributed by atoms with Crippen LogP contribution in [-0.4, -0.2) is 28.6 Å². The van der Waals surface area contributed by atoms with Crippen LogP contribution in [0, 0.1) is 3.57 Å². The van der Waals surface area contributed by atoms with Gasteiger partial charge in [0.1, 0.15) is 18.4 Å². The molecule has 0 amide bonds. The Bertz CT molecular complexity index is 1000. The molecule has 3 rings (SSSR count). The standard InChI is InChI=1S/C25H29F3INO3/c1-24(2,3)19-13-22(33-15-16-7-6-8-18(29)11-16)17(12-20(19)25(26,27)28)14-30-10-5-4-9-21(30)23(31)32/h6-8,11-13,21H,4-5,9-10,14-15H2,1-3H3,(H,31,32)/t21-/m0/s1. The smallest absolute Gasteiger partial charge is 0.416 e. The van der Waals surface area contributed by atoms with E-state index in [2.05, 4.69) is 22.6 Å². The van der Waals surface area contributed by atoms with Crippen molar-refractivity contribution >= 4 is 28.6 Å². The first-order valence-electron chi connectivity index (χ1n) is 10.9. The number of hydrogen-bond donors (Lipinski definition) is 1. The predicted molar refractivity (Wildman–Crippen MR) is 129 cm³/mol. The number of likely N-dealkylation sites (tertiary alicyclic amines) is 1. The Kier molecular flexibility index (Phi) is 7.99. The molecular formula is C25H29F3INO3. The quantitative estimate of drug-likeness (QED) is 0.394. The van der Waals surface area contributed by atoms with Gasteiger partial charge in [-0.1, -0.05) is 39.3 Å². The first kappa shape index (κ1) is 25.8. The molecule has 8 heteroatoms. The van der Waals surface area contributed by atoms with Crippen molar-refractivity contribution in [1.82, 2.24) is 4.90 Å². The summed E-state index contributed by atoms with van der Waals surface area (Å²) in [5, 5.41) is 9.62. The molecule has 180 valence electrons. The van der Waals surface area contributed by atoms with E-state index in [9.17, 15) is 23.1 Å². The number of hydrogen-bond acceptors (Lipinski definition) is 3. The fourth-order valence-electron chi connectivity index (χ4n) is 4.20. The molecule has 4 nitrogen and oxygen atoms in total. The monoisotopic (exact) mass is 575 g/mol. The number of nitrogens with zero attached hydrogens (tertiary/aromatic N) is 1. The third-order valence-corrected chi connectivity index (χ3v) is 6.54. The SMILES string of the molecule is CC(C)(C)c1cc(OCc2cccc(I)c2)c(CN2CCCC[C@H]2C(=O)O)cc1C(F)(F)F. The molecule has 1 heterocycles. The summed E-state index contributed by atoms with van der Waals surface area (Å²) in [4.78, 5) is 13.5. The molecule has 0 aliphatic carbocycles. The lowest BCUT2D eigenvalue weighted by molar-refractivity contribution is -0.145. The van der Waals surface area contributed by atoms with Crippen molar-refractivity contribution in [3.05, 3.63) is 62.2 Å². The number of alkyl halides is 3. The fourth-order valence-corrected chi connectivity index (χ4v) is 4.81. The van der Waals surface area contributed by atoms with E-state index in [0.717, 1.165) is 28.0 Å². The zero-order chi connectivity index (χ0) is 24.4. The Morgan fingerprint density at radius 3 is 2.48 bits per heavy atom. The van der Waals surface area contributed by atoms with Gasteiger partial charge in [0, 0.05) is 15.7 Å². The number of carboxylic acid groups (broad SMARTS) is 1. The lowest BCUT2D eigenvalue weighted by Gasteiger charge is -2.34. The van der Waals surface area contributed by atoms with E-state index in [1.807, 2.05) is 24.3 Å². The molecule has 1 aliphatic heterocycles. The van der Waals surface area contributed by atoms with E-state index < -0.39 is 29.2 Å². The van der Waals surface area contributed by atoms with E-state index in [1.54, 1.807) is 25.7 Å². The number of aliphatic carboxylic acids is 1. The maximum Gasteiger partial charge on any atom is 0.416 e. The van der Waals surface area contributed by atoms with Crippen molar-refractivity contribution in [2.75, 3.05) is 6.54 Å². The van der Waals surface area contributed by atoms with Crippen LogP contribution in [0.5, 0.6) is 5.75 Å². The second-order valence-corrected chi connectivity index (χ2v) is 10.7. The highest BCUT2D eigenvalue weighted by molar-refractivity contribution is 14.1. The van der Waals surface area contributed by atoms with E-state index in [4.69, 9.17) is 4.74 Å². The van der Waals surface area contributed by atoms with Crippen molar-refractivity contribution in [2.24, 2.45) is 0 Å². The van der Waals surface area contributed by atoms with E-state index in [1.165, 1.54) is 6.07 Å². The van der Waals surface area contributed by atoms with Gasteiger partial charge in [-0.15, -0.1) is 0 Å². The van der Waals surface area contributed by atoms with Crippen molar-refractivity contribution in [1.29, 1.82) is 0 Å². The first-order chi connectivity index (χ1) is 15.4. The van der Waals surface area contributed by atoms with Gasteiger partial charge in [-0.3, -0.25) is 9.69 Å². The Morgan fingerprint density at radius 1 is 1.15 bits per heavy atom. The Hall–Kier alpha value is -1.81. The number of rotatable bonds is 6. The molecule has 0 radical (unpaired) electrons. The summed E-state index contributed by atoms with van der Waals surface area (Å²) >= 11 is 2.20. The van der Waals surface area contributed by atoms with E-state index in [0.29, 0.717) is 24.3 Å². The van der Waals surface area contributed by atoms with E-state index in [-0.39, 0.29) is 18.7 Å². The van der Waals surface area contributed by atoms with Gasteiger partial charge in [0.25, 0.3) is 0 Å². The molecule has 0 saturated carbocycles. The molecule has 1 aliphatic rings. The molecular weight excluding hydrogens is 546 g/mol. The van der Waals surface area contributed by atoms with Gasteiger partial charge < -0.3 is 9.84 Å². The summed E-state index contributed by atoms with van der Waals surface area (Å²) in [5.41, 5.74) is -0.0286. The fraction of sp³-hybridized carbons (Fsp3) is 0.480. The molecule has 0 aromatic heterocycles. The first-order valence-corrected chi connectivity index (χ1v) is 12.0. The van der Waals surface area contributed by atoms with Gasteiger partial charge in [-0.25, -0.2) is 0 Å². The average molecular weight is 575 g/mol. The normalized spacial score (nSPS) is 17.7. The molecule has 1 saturated heterocycles. The molecule has 0 spiro atoms. The van der Waals surface area contributed by atoms with Crippen LogP contribution in [0.25, 0.3) is 0 Å². The molecule has 0 unspecified atom stereocenters. The highest BCUT2D eigenvalue weighted by Gasteiger charge is 2.38. The van der Waals surface area contributed by atoms with Gasteiger partial charge in [-0.2, -0.15) is 13.2 Å². The van der Waals surface area contributed by atoms with Crippen LogP contribution in [0.3, 0.4) is 0 Å². The number of piperidine rings is 1. The van der Waals surface area contributed by atoms with Gasteiger partial charge in [0.15, 0.2) is 0 Å². The average Bonchev–Trinajstić information content (AvgIpc) is 2.71. The van der Waals surface area contributed by atoms with Crippen molar-refractivity contribution < 1.29 is 27.8 Å². The minimum absolute atomic E-state index is 0.0894. The summed E-state index contributed by atoms with van der Waals surface area (Å²) in [5.74, 6) is -0.583. The van der Waals surface area contributed by atoms with Crippen LogP contribution in [0.15, 0.2) is 36.4 Å². The maximum absolute atomic E-state index is 14.0. The van der Waals surface area contributed by atoms with Crippen LogP contribution in [0.2, 0.25) is 0 Å². The van der Waals surface area contributed by atoms with Crippen LogP contribution in [0.1, 0.15) is 62.3 Å². The van der Waals surface area contributed by atoms with Gasteiger partial charge in [0.2, 0.25) is 0 Å². The maximum atomic E-state index is 14.0. The van der Waals surface area contributed by atoms with Crippen LogP contribution in [-0.2, 0) is 29.5 Å². The molecule has 33 heavy (non-hydrogen) atoms.